The van der Waals surface area contributed by atoms with Gasteiger partial charge in [-0.15, -0.1) is 24.0 Å². The predicted molar refractivity (Wildman–Crippen MR) is 113 cm³/mol. The first kappa shape index (κ1) is 23.0. The lowest BCUT2D eigenvalue weighted by Gasteiger charge is -2.26. The van der Waals surface area contributed by atoms with Crippen LogP contribution in [0.15, 0.2) is 4.99 Å². The Morgan fingerprint density at radius 1 is 1.04 bits per heavy atom. The molecule has 0 saturated carbocycles. The standard InChI is InChI=1S/C18H38N4.HI/c1-5-19-18(21-17(4)16(2)3)20-12-8-6-9-13-22-14-10-7-11-15-22;/h16-17H,5-15H2,1-4H3,(H2,19,20,21);1H. The molecule has 1 atom stereocenters. The van der Waals surface area contributed by atoms with Crippen molar-refractivity contribution in [3.8, 4) is 0 Å². The predicted octanol–water partition coefficient (Wildman–Crippen LogP) is 3.86. The summed E-state index contributed by atoms with van der Waals surface area (Å²) in [5.41, 5.74) is 0. The van der Waals surface area contributed by atoms with Crippen LogP contribution in [0.25, 0.3) is 0 Å². The maximum atomic E-state index is 4.70. The van der Waals surface area contributed by atoms with E-state index in [0.717, 1.165) is 19.0 Å². The molecule has 0 aromatic heterocycles. The summed E-state index contributed by atoms with van der Waals surface area (Å²) in [5.74, 6) is 1.59. The van der Waals surface area contributed by atoms with E-state index in [1.54, 1.807) is 0 Å². The summed E-state index contributed by atoms with van der Waals surface area (Å²) in [6.45, 7) is 14.6. The first-order chi connectivity index (χ1) is 10.6. The minimum Gasteiger partial charge on any atom is -0.357 e. The Morgan fingerprint density at radius 2 is 1.74 bits per heavy atom. The van der Waals surface area contributed by atoms with E-state index in [1.165, 1.54) is 58.2 Å². The third kappa shape index (κ3) is 11.2. The van der Waals surface area contributed by atoms with Gasteiger partial charge in [0.05, 0.1) is 0 Å². The summed E-state index contributed by atoms with van der Waals surface area (Å²) in [6, 6.07) is 0.455. The molecule has 138 valence electrons. The highest BCUT2D eigenvalue weighted by atomic mass is 127. The summed E-state index contributed by atoms with van der Waals surface area (Å²) < 4.78 is 0. The molecule has 1 unspecified atom stereocenters. The average molecular weight is 438 g/mol. The van der Waals surface area contributed by atoms with Gasteiger partial charge in [0, 0.05) is 19.1 Å². The van der Waals surface area contributed by atoms with Gasteiger partial charge in [0.2, 0.25) is 0 Å². The van der Waals surface area contributed by atoms with E-state index in [9.17, 15) is 0 Å². The Morgan fingerprint density at radius 3 is 2.35 bits per heavy atom. The van der Waals surface area contributed by atoms with Gasteiger partial charge in [0.25, 0.3) is 0 Å². The molecule has 2 N–H and O–H groups in total. The molecule has 0 aliphatic carbocycles. The van der Waals surface area contributed by atoms with Crippen LogP contribution in [0.1, 0.15) is 66.2 Å². The third-order valence-corrected chi connectivity index (χ3v) is 4.56. The number of halogens is 1. The van der Waals surface area contributed by atoms with E-state index in [0.29, 0.717) is 12.0 Å². The monoisotopic (exact) mass is 438 g/mol. The number of aliphatic imine (C=N–C) groups is 1. The second-order valence-electron chi connectivity index (χ2n) is 6.90. The fraction of sp³-hybridized carbons (Fsp3) is 0.944. The first-order valence-electron chi connectivity index (χ1n) is 9.40. The number of nitrogens with one attached hydrogen (secondary N) is 2. The smallest absolute Gasteiger partial charge is 0.191 e. The molecule has 1 rings (SSSR count). The number of hydrogen-bond acceptors (Lipinski definition) is 2. The van der Waals surface area contributed by atoms with Crippen LogP contribution in [0.3, 0.4) is 0 Å². The van der Waals surface area contributed by atoms with Gasteiger partial charge in [0.1, 0.15) is 0 Å². The van der Waals surface area contributed by atoms with Gasteiger partial charge in [-0.25, -0.2) is 0 Å². The summed E-state index contributed by atoms with van der Waals surface area (Å²) in [5, 5.41) is 6.83. The topological polar surface area (TPSA) is 39.7 Å². The number of nitrogens with zero attached hydrogens (tertiary/aromatic N) is 2. The molecule has 5 heteroatoms. The van der Waals surface area contributed by atoms with E-state index in [2.05, 4.69) is 43.2 Å². The molecule has 0 bridgehead atoms. The zero-order valence-corrected chi connectivity index (χ0v) is 18.1. The number of likely N-dealkylation sites (tertiary alicyclic amines) is 1. The number of unbranched alkanes of at least 4 members (excludes halogenated alkanes) is 2. The van der Waals surface area contributed by atoms with E-state index < -0.39 is 0 Å². The Balaban J connectivity index is 0.00000484. The Bertz CT molecular complexity index is 301. The molecule has 0 radical (unpaired) electrons. The number of rotatable bonds is 9. The van der Waals surface area contributed by atoms with Crippen LogP contribution in [0, 0.1) is 5.92 Å². The van der Waals surface area contributed by atoms with Crippen molar-refractivity contribution in [2.24, 2.45) is 10.9 Å². The molecule has 0 spiro atoms. The van der Waals surface area contributed by atoms with Crippen molar-refractivity contribution in [2.45, 2.75) is 72.3 Å². The van der Waals surface area contributed by atoms with Crippen LogP contribution in [-0.4, -0.2) is 49.6 Å². The van der Waals surface area contributed by atoms with Crippen molar-refractivity contribution in [1.29, 1.82) is 0 Å². The quantitative estimate of drug-likeness (QED) is 0.249. The van der Waals surface area contributed by atoms with E-state index >= 15 is 0 Å². The van der Waals surface area contributed by atoms with Gasteiger partial charge in [-0.1, -0.05) is 26.7 Å². The van der Waals surface area contributed by atoms with Crippen LogP contribution in [0.4, 0.5) is 0 Å². The summed E-state index contributed by atoms with van der Waals surface area (Å²) in [4.78, 5) is 7.33. The molecular weight excluding hydrogens is 399 g/mol. The molecule has 1 fully saturated rings. The molecule has 1 heterocycles. The van der Waals surface area contributed by atoms with Crippen molar-refractivity contribution in [1.82, 2.24) is 15.5 Å². The van der Waals surface area contributed by atoms with Crippen LogP contribution in [0.2, 0.25) is 0 Å². The van der Waals surface area contributed by atoms with E-state index in [1.807, 2.05) is 0 Å². The summed E-state index contributed by atoms with van der Waals surface area (Å²) in [7, 11) is 0. The lowest BCUT2D eigenvalue weighted by Crippen LogP contribution is -2.44. The average Bonchev–Trinajstić information content (AvgIpc) is 2.51. The van der Waals surface area contributed by atoms with Crippen LogP contribution >= 0.6 is 24.0 Å². The second kappa shape index (κ2) is 14.3. The number of hydrogen-bond donors (Lipinski definition) is 2. The number of guanidine groups is 1. The highest BCUT2D eigenvalue weighted by Gasteiger charge is 2.09. The summed E-state index contributed by atoms with van der Waals surface area (Å²) >= 11 is 0. The molecule has 1 aliphatic heterocycles. The van der Waals surface area contributed by atoms with Gasteiger partial charge in [-0.3, -0.25) is 4.99 Å². The fourth-order valence-electron chi connectivity index (χ4n) is 2.70. The van der Waals surface area contributed by atoms with Crippen LogP contribution < -0.4 is 10.6 Å². The molecule has 0 aromatic carbocycles. The van der Waals surface area contributed by atoms with E-state index in [-0.39, 0.29) is 24.0 Å². The van der Waals surface area contributed by atoms with E-state index in [4.69, 9.17) is 4.99 Å². The maximum absolute atomic E-state index is 4.70. The molecule has 23 heavy (non-hydrogen) atoms. The molecular formula is C18H39IN4. The van der Waals surface area contributed by atoms with Crippen molar-refractivity contribution in [2.75, 3.05) is 32.7 Å². The normalized spacial score (nSPS) is 17.7. The Hall–Kier alpha value is -0.0400. The van der Waals surface area contributed by atoms with Gasteiger partial charge < -0.3 is 15.5 Å². The van der Waals surface area contributed by atoms with Crippen molar-refractivity contribution in [3.63, 3.8) is 0 Å². The SMILES string of the molecule is CCNC(=NCCCCCN1CCCCC1)NC(C)C(C)C.I. The zero-order valence-electron chi connectivity index (χ0n) is 15.7. The molecule has 0 amide bonds. The van der Waals surface area contributed by atoms with Gasteiger partial charge in [-0.2, -0.15) is 0 Å². The second-order valence-corrected chi connectivity index (χ2v) is 6.90. The maximum Gasteiger partial charge on any atom is 0.191 e. The minimum atomic E-state index is 0. The lowest BCUT2D eigenvalue weighted by molar-refractivity contribution is 0.224. The Labute approximate surface area is 161 Å². The molecule has 4 nitrogen and oxygen atoms in total. The highest BCUT2D eigenvalue weighted by Crippen LogP contribution is 2.09. The summed E-state index contributed by atoms with van der Waals surface area (Å²) in [6.07, 6.45) is 8.04. The Kier molecular flexibility index (Phi) is 14.3. The third-order valence-electron chi connectivity index (χ3n) is 4.56. The molecule has 1 aliphatic rings. The van der Waals surface area contributed by atoms with Crippen molar-refractivity contribution in [3.05, 3.63) is 0 Å². The van der Waals surface area contributed by atoms with Gasteiger partial charge in [0.15, 0.2) is 5.96 Å². The number of piperidine rings is 1. The fourth-order valence-corrected chi connectivity index (χ4v) is 2.70. The lowest BCUT2D eigenvalue weighted by atomic mass is 10.1. The van der Waals surface area contributed by atoms with Gasteiger partial charge >= 0.3 is 0 Å². The zero-order chi connectivity index (χ0) is 16.2. The molecule has 0 aromatic rings. The first-order valence-corrected chi connectivity index (χ1v) is 9.40. The van der Waals surface area contributed by atoms with Crippen LogP contribution in [-0.2, 0) is 0 Å². The molecule has 1 saturated heterocycles. The van der Waals surface area contributed by atoms with Crippen molar-refractivity contribution < 1.29 is 0 Å². The highest BCUT2D eigenvalue weighted by molar-refractivity contribution is 14.0. The minimum absolute atomic E-state index is 0. The van der Waals surface area contributed by atoms with Gasteiger partial charge in [-0.05, 0) is 65.1 Å². The van der Waals surface area contributed by atoms with Crippen LogP contribution in [0.5, 0.6) is 0 Å². The van der Waals surface area contributed by atoms with Crippen molar-refractivity contribution >= 4 is 29.9 Å². The largest absolute Gasteiger partial charge is 0.357 e.